The molecule has 20 heavy (non-hydrogen) atoms. The first-order chi connectivity index (χ1) is 9.56. The highest BCUT2D eigenvalue weighted by molar-refractivity contribution is 5.46. The Labute approximate surface area is 122 Å². The maximum absolute atomic E-state index is 3.57. The fourth-order valence-corrected chi connectivity index (χ4v) is 2.16. The number of rotatable bonds is 5. The minimum absolute atomic E-state index is 0.354. The highest BCUT2D eigenvalue weighted by Gasteiger charge is 2.05. The molecule has 1 N–H and O–H groups in total. The van der Waals surface area contributed by atoms with E-state index in [0.717, 1.165) is 6.54 Å². The quantitative estimate of drug-likeness (QED) is 0.884. The van der Waals surface area contributed by atoms with Crippen molar-refractivity contribution < 1.29 is 0 Å². The molecule has 2 heteroatoms. The van der Waals surface area contributed by atoms with Gasteiger partial charge in [-0.25, -0.2) is 0 Å². The lowest BCUT2D eigenvalue weighted by Gasteiger charge is -2.17. The summed E-state index contributed by atoms with van der Waals surface area (Å²) >= 11 is 0. The molecule has 0 aliphatic carbocycles. The molecule has 0 aliphatic rings. The van der Waals surface area contributed by atoms with Gasteiger partial charge in [-0.05, 0) is 37.1 Å². The first-order valence-electron chi connectivity index (χ1n) is 7.12. The van der Waals surface area contributed by atoms with Gasteiger partial charge in [0, 0.05) is 32.4 Å². The molecule has 2 aromatic rings. The second-order valence-electron chi connectivity index (χ2n) is 5.57. The highest BCUT2D eigenvalue weighted by atomic mass is 15.1. The van der Waals surface area contributed by atoms with Crippen LogP contribution in [0, 0.1) is 6.92 Å². The number of nitrogens with zero attached hydrogens (tertiary/aromatic N) is 1. The molecular weight excluding hydrogens is 244 g/mol. The van der Waals surface area contributed by atoms with Crippen LogP contribution in [0.5, 0.6) is 0 Å². The fourth-order valence-electron chi connectivity index (χ4n) is 2.16. The normalized spacial score (nSPS) is 12.2. The van der Waals surface area contributed by atoms with Gasteiger partial charge in [-0.1, -0.05) is 42.0 Å². The summed E-state index contributed by atoms with van der Waals surface area (Å²) in [4.78, 5) is 2.12. The molecule has 2 rings (SSSR count). The van der Waals surface area contributed by atoms with E-state index in [1.807, 2.05) is 0 Å². The summed E-state index contributed by atoms with van der Waals surface area (Å²) in [5.41, 5.74) is 5.19. The Bertz CT molecular complexity index is 526. The monoisotopic (exact) mass is 268 g/mol. The van der Waals surface area contributed by atoms with Gasteiger partial charge in [0.1, 0.15) is 0 Å². The van der Waals surface area contributed by atoms with Crippen molar-refractivity contribution in [1.82, 2.24) is 5.32 Å². The smallest absolute Gasteiger partial charge is 0.0361 e. The van der Waals surface area contributed by atoms with Crippen molar-refractivity contribution in [3.05, 3.63) is 65.2 Å². The summed E-state index contributed by atoms with van der Waals surface area (Å²) in [6.45, 7) is 5.22. The van der Waals surface area contributed by atoms with Crippen molar-refractivity contribution >= 4 is 5.69 Å². The third-order valence-corrected chi connectivity index (χ3v) is 3.64. The third kappa shape index (κ3) is 3.84. The lowest BCUT2D eigenvalue weighted by molar-refractivity contribution is 0.574. The molecule has 1 atom stereocenters. The molecule has 0 saturated carbocycles. The first-order valence-corrected chi connectivity index (χ1v) is 7.12. The molecule has 0 heterocycles. The molecule has 0 fully saturated rings. The molecule has 0 aliphatic heterocycles. The molecule has 2 aromatic carbocycles. The van der Waals surface area contributed by atoms with E-state index in [2.05, 4.69) is 86.7 Å². The second-order valence-corrected chi connectivity index (χ2v) is 5.57. The summed E-state index contributed by atoms with van der Waals surface area (Å²) in [5, 5.41) is 3.57. The predicted octanol–water partition coefficient (Wildman–Crippen LogP) is 3.91. The van der Waals surface area contributed by atoms with Gasteiger partial charge in [0.05, 0.1) is 0 Å². The minimum atomic E-state index is 0.354. The van der Waals surface area contributed by atoms with E-state index >= 15 is 0 Å². The number of nitrogens with one attached hydrogen (secondary N) is 1. The maximum atomic E-state index is 3.57. The van der Waals surface area contributed by atoms with Gasteiger partial charge in [-0.15, -0.1) is 0 Å². The van der Waals surface area contributed by atoms with Crippen LogP contribution < -0.4 is 10.2 Å². The second kappa shape index (κ2) is 6.58. The summed E-state index contributed by atoms with van der Waals surface area (Å²) in [6, 6.07) is 17.8. The zero-order valence-electron chi connectivity index (χ0n) is 12.9. The first kappa shape index (κ1) is 14.6. The van der Waals surface area contributed by atoms with E-state index in [0.29, 0.717) is 6.04 Å². The Balaban J connectivity index is 1.94. The number of benzene rings is 2. The van der Waals surface area contributed by atoms with E-state index in [-0.39, 0.29) is 0 Å². The summed E-state index contributed by atoms with van der Waals surface area (Å²) in [5.74, 6) is 0. The van der Waals surface area contributed by atoms with Gasteiger partial charge in [0.2, 0.25) is 0 Å². The van der Waals surface area contributed by atoms with Crippen LogP contribution in [-0.4, -0.2) is 14.1 Å². The van der Waals surface area contributed by atoms with Crippen molar-refractivity contribution in [2.45, 2.75) is 26.4 Å². The van der Waals surface area contributed by atoms with Crippen molar-refractivity contribution in [3.8, 4) is 0 Å². The largest absolute Gasteiger partial charge is 0.378 e. The molecule has 106 valence electrons. The zero-order chi connectivity index (χ0) is 14.5. The number of hydrogen-bond acceptors (Lipinski definition) is 2. The average molecular weight is 268 g/mol. The molecule has 0 saturated heterocycles. The van der Waals surface area contributed by atoms with E-state index in [4.69, 9.17) is 0 Å². The van der Waals surface area contributed by atoms with Crippen LogP contribution in [-0.2, 0) is 6.54 Å². The lowest BCUT2D eigenvalue weighted by atomic mass is 10.1. The van der Waals surface area contributed by atoms with Gasteiger partial charge in [0.25, 0.3) is 0 Å². The van der Waals surface area contributed by atoms with Crippen LogP contribution in [0.1, 0.15) is 29.7 Å². The molecule has 0 aromatic heterocycles. The van der Waals surface area contributed by atoms with E-state index < -0.39 is 0 Å². The Morgan fingerprint density at radius 1 is 0.950 bits per heavy atom. The molecule has 0 amide bonds. The molecule has 0 spiro atoms. The van der Waals surface area contributed by atoms with Gasteiger partial charge in [0.15, 0.2) is 0 Å². The van der Waals surface area contributed by atoms with Crippen LogP contribution in [0.4, 0.5) is 5.69 Å². The van der Waals surface area contributed by atoms with Crippen molar-refractivity contribution in [3.63, 3.8) is 0 Å². The van der Waals surface area contributed by atoms with Gasteiger partial charge < -0.3 is 10.2 Å². The van der Waals surface area contributed by atoms with Gasteiger partial charge >= 0.3 is 0 Å². The third-order valence-electron chi connectivity index (χ3n) is 3.64. The lowest BCUT2D eigenvalue weighted by Crippen LogP contribution is -2.18. The van der Waals surface area contributed by atoms with Gasteiger partial charge in [-0.3, -0.25) is 0 Å². The standard InChI is InChI=1S/C18H24N2/c1-14-5-7-16(8-6-14)13-19-15(2)17-9-11-18(12-10-17)20(3)4/h5-12,15,19H,13H2,1-4H3. The fraction of sp³-hybridized carbons (Fsp3) is 0.333. The molecule has 1 unspecified atom stereocenters. The van der Waals surface area contributed by atoms with Crippen LogP contribution in [0.2, 0.25) is 0 Å². The van der Waals surface area contributed by atoms with Crippen LogP contribution >= 0.6 is 0 Å². The molecular formula is C18H24N2. The maximum Gasteiger partial charge on any atom is 0.0361 e. The van der Waals surface area contributed by atoms with Crippen LogP contribution in [0.15, 0.2) is 48.5 Å². The average Bonchev–Trinajstić information content (AvgIpc) is 2.46. The Morgan fingerprint density at radius 3 is 2.10 bits per heavy atom. The Kier molecular flexibility index (Phi) is 4.80. The van der Waals surface area contributed by atoms with Crippen LogP contribution in [0.25, 0.3) is 0 Å². The van der Waals surface area contributed by atoms with E-state index in [9.17, 15) is 0 Å². The van der Waals surface area contributed by atoms with E-state index in [1.165, 1.54) is 22.4 Å². The van der Waals surface area contributed by atoms with Crippen LogP contribution in [0.3, 0.4) is 0 Å². The van der Waals surface area contributed by atoms with Gasteiger partial charge in [-0.2, -0.15) is 0 Å². The molecule has 0 bridgehead atoms. The minimum Gasteiger partial charge on any atom is -0.378 e. The zero-order valence-corrected chi connectivity index (χ0v) is 12.9. The van der Waals surface area contributed by atoms with E-state index in [1.54, 1.807) is 0 Å². The highest BCUT2D eigenvalue weighted by Crippen LogP contribution is 2.18. The molecule has 2 nitrogen and oxygen atoms in total. The number of anilines is 1. The predicted molar refractivity (Wildman–Crippen MR) is 87.2 cm³/mol. The topological polar surface area (TPSA) is 15.3 Å². The Morgan fingerprint density at radius 2 is 1.55 bits per heavy atom. The number of hydrogen-bond donors (Lipinski definition) is 1. The SMILES string of the molecule is Cc1ccc(CNC(C)c2ccc(N(C)C)cc2)cc1. The summed E-state index contributed by atoms with van der Waals surface area (Å²) < 4.78 is 0. The summed E-state index contributed by atoms with van der Waals surface area (Å²) in [7, 11) is 4.13. The Hall–Kier alpha value is -1.80. The summed E-state index contributed by atoms with van der Waals surface area (Å²) in [6.07, 6.45) is 0. The van der Waals surface area contributed by atoms with Crippen molar-refractivity contribution in [2.24, 2.45) is 0 Å². The number of aryl methyl sites for hydroxylation is 1. The van der Waals surface area contributed by atoms with Crippen molar-refractivity contribution in [1.29, 1.82) is 0 Å². The molecule has 0 radical (unpaired) electrons. The van der Waals surface area contributed by atoms with Crippen molar-refractivity contribution in [2.75, 3.05) is 19.0 Å².